The van der Waals surface area contributed by atoms with Gasteiger partial charge in [-0.2, -0.15) is 10.2 Å². The highest BCUT2D eigenvalue weighted by molar-refractivity contribution is 7.22. The van der Waals surface area contributed by atoms with E-state index in [0.29, 0.717) is 52.5 Å². The lowest BCUT2D eigenvalue weighted by Gasteiger charge is -2.43. The molecule has 2 bridgehead atoms. The number of aromatic nitrogens is 3. The lowest BCUT2D eigenvalue weighted by Crippen LogP contribution is -2.58. The van der Waals surface area contributed by atoms with E-state index in [-0.39, 0.29) is 27.3 Å². The van der Waals surface area contributed by atoms with Gasteiger partial charge in [0.05, 0.1) is 16.3 Å². The quantitative estimate of drug-likeness (QED) is 0.354. The summed E-state index contributed by atoms with van der Waals surface area (Å²) in [7, 11) is 4.10. The number of aryl methyl sites for hydroxylation is 1. The minimum atomic E-state index is -0.511. The van der Waals surface area contributed by atoms with Crippen molar-refractivity contribution in [3.05, 3.63) is 35.4 Å². The van der Waals surface area contributed by atoms with Gasteiger partial charge >= 0.3 is 0 Å². The average Bonchev–Trinajstić information content (AvgIpc) is 3.48. The van der Waals surface area contributed by atoms with Crippen molar-refractivity contribution in [1.29, 1.82) is 5.26 Å². The van der Waals surface area contributed by atoms with Crippen LogP contribution in [0.1, 0.15) is 24.8 Å². The molecule has 5 heterocycles. The van der Waals surface area contributed by atoms with E-state index < -0.39 is 11.6 Å². The number of nitriles is 1. The molecule has 0 spiro atoms. The minimum absolute atomic E-state index is 0.202. The third kappa shape index (κ3) is 4.43. The van der Waals surface area contributed by atoms with Gasteiger partial charge < -0.3 is 25.8 Å². The Hall–Kier alpha value is -3.66. The van der Waals surface area contributed by atoms with Crippen LogP contribution in [0.3, 0.4) is 0 Å². The Kier molecular flexibility index (Phi) is 6.41. The van der Waals surface area contributed by atoms with Crippen molar-refractivity contribution < 1.29 is 8.78 Å². The molecule has 0 saturated carbocycles. The van der Waals surface area contributed by atoms with Gasteiger partial charge in [0, 0.05) is 67.2 Å². The van der Waals surface area contributed by atoms with Gasteiger partial charge in [-0.25, -0.2) is 18.7 Å². The van der Waals surface area contributed by atoms with Crippen molar-refractivity contribution in [3.63, 3.8) is 0 Å². The number of rotatable bonds is 6. The number of thiazole rings is 1. The molecule has 9 nitrogen and oxygen atoms in total. The van der Waals surface area contributed by atoms with Crippen molar-refractivity contribution >= 4 is 49.4 Å². The second-order valence-corrected chi connectivity index (χ2v) is 12.5. The van der Waals surface area contributed by atoms with Crippen LogP contribution in [0.4, 0.5) is 25.7 Å². The zero-order chi connectivity index (χ0) is 28.4. The molecule has 41 heavy (non-hydrogen) atoms. The van der Waals surface area contributed by atoms with Gasteiger partial charge in [0.1, 0.15) is 17.2 Å². The number of nitrogens with one attached hydrogen (secondary N) is 1. The van der Waals surface area contributed by atoms with Crippen LogP contribution in [0.2, 0.25) is 0 Å². The van der Waals surface area contributed by atoms with E-state index in [2.05, 4.69) is 45.2 Å². The van der Waals surface area contributed by atoms with Crippen LogP contribution in [-0.2, 0) is 6.42 Å². The second kappa shape index (κ2) is 10.0. The summed E-state index contributed by atoms with van der Waals surface area (Å²) >= 11 is 1.04. The summed E-state index contributed by atoms with van der Waals surface area (Å²) in [5.74, 6) is 0.268. The van der Waals surface area contributed by atoms with Crippen LogP contribution < -0.4 is 20.9 Å². The highest BCUT2D eigenvalue weighted by Crippen LogP contribution is 2.42. The zero-order valence-corrected chi connectivity index (χ0v) is 23.8. The fraction of sp³-hybridized carbons (Fsp3) is 0.448. The highest BCUT2D eigenvalue weighted by atomic mass is 32.1. The lowest BCUT2D eigenvalue weighted by atomic mass is 9.93. The monoisotopic (exact) mass is 575 g/mol. The molecule has 2 aromatic heterocycles. The van der Waals surface area contributed by atoms with Crippen LogP contribution >= 0.6 is 11.3 Å². The van der Waals surface area contributed by atoms with E-state index in [0.717, 1.165) is 56.2 Å². The Labute approximate surface area is 240 Å². The number of nitrogens with zero attached hydrogens (tertiary/aromatic N) is 7. The Bertz CT molecular complexity index is 1700. The lowest BCUT2D eigenvalue weighted by molar-refractivity contribution is 0.245. The van der Waals surface area contributed by atoms with Crippen LogP contribution in [-0.4, -0.2) is 78.3 Å². The average molecular weight is 576 g/mol. The molecule has 3 N–H and O–H groups in total. The van der Waals surface area contributed by atoms with E-state index in [1.165, 1.54) is 6.07 Å². The third-order valence-corrected chi connectivity index (χ3v) is 9.55. The third-order valence-electron chi connectivity index (χ3n) is 8.66. The van der Waals surface area contributed by atoms with Crippen molar-refractivity contribution in [2.45, 2.75) is 43.8 Å². The fourth-order valence-corrected chi connectivity index (χ4v) is 7.19. The predicted molar refractivity (Wildman–Crippen MR) is 158 cm³/mol. The summed E-state index contributed by atoms with van der Waals surface area (Å²) < 4.78 is 32.0. The molecule has 3 aliphatic heterocycles. The van der Waals surface area contributed by atoms with Gasteiger partial charge in [-0.1, -0.05) is 11.3 Å². The van der Waals surface area contributed by atoms with E-state index in [1.54, 1.807) is 6.07 Å². The van der Waals surface area contributed by atoms with Crippen LogP contribution in [0.25, 0.3) is 32.2 Å². The Morgan fingerprint density at radius 3 is 2.54 bits per heavy atom. The Balaban J connectivity index is 1.45. The predicted octanol–water partition coefficient (Wildman–Crippen LogP) is 3.91. The Morgan fingerprint density at radius 2 is 1.83 bits per heavy atom. The molecule has 7 rings (SSSR count). The van der Waals surface area contributed by atoms with Gasteiger partial charge in [-0.3, -0.25) is 0 Å². The molecule has 3 saturated heterocycles. The van der Waals surface area contributed by atoms with Gasteiger partial charge in [0.2, 0.25) is 5.95 Å². The van der Waals surface area contributed by atoms with Crippen LogP contribution in [0.15, 0.2) is 18.2 Å². The topological polar surface area (TPSA) is 110 Å². The van der Waals surface area contributed by atoms with Gasteiger partial charge in [-0.05, 0) is 57.1 Å². The first-order chi connectivity index (χ1) is 19.8. The summed E-state index contributed by atoms with van der Waals surface area (Å²) in [6, 6.07) is 8.10. The van der Waals surface area contributed by atoms with Gasteiger partial charge in [0.25, 0.3) is 0 Å². The van der Waals surface area contributed by atoms with Crippen molar-refractivity contribution in [1.82, 2.24) is 25.2 Å². The molecule has 2 aromatic carbocycles. The number of nitrogens with two attached hydrogens (primary N) is 1. The molecule has 3 aliphatic rings. The number of likely N-dealkylation sites (N-methyl/N-ethyl adjacent to an activating group) is 1. The highest BCUT2D eigenvalue weighted by Gasteiger charge is 2.36. The molecule has 3 fully saturated rings. The fourth-order valence-electron chi connectivity index (χ4n) is 6.42. The second-order valence-electron chi connectivity index (χ2n) is 11.5. The maximum Gasteiger partial charge on any atom is 0.228 e. The normalized spacial score (nSPS) is 20.8. The molecule has 0 amide bonds. The number of benzene rings is 2. The van der Waals surface area contributed by atoms with Crippen molar-refractivity contribution in [2.24, 2.45) is 0 Å². The summed E-state index contributed by atoms with van der Waals surface area (Å²) in [5.41, 5.74) is 7.86. The number of hydrogen-bond donors (Lipinski definition) is 2. The van der Waals surface area contributed by atoms with E-state index in [1.807, 2.05) is 6.07 Å². The zero-order valence-electron chi connectivity index (χ0n) is 23.0. The van der Waals surface area contributed by atoms with Crippen LogP contribution in [0.5, 0.6) is 0 Å². The number of nitrogen functional groups attached to an aromatic ring is 1. The molecular weight excluding hydrogens is 544 g/mol. The first-order valence-corrected chi connectivity index (χ1v) is 14.8. The summed E-state index contributed by atoms with van der Waals surface area (Å²) in [5, 5.41) is 13.9. The Morgan fingerprint density at radius 1 is 1.07 bits per heavy atom. The smallest absolute Gasteiger partial charge is 0.228 e. The number of fused-ring (bicyclic) bond motifs is 4. The largest absolute Gasteiger partial charge is 0.375 e. The first kappa shape index (κ1) is 26.3. The SMILES string of the molecule is CN(C)C1CN(c2nc(N3CC4CCC(C3)N4)c3cc(CCC#N)c(-c4ccc(F)c5sc(N)nc45)c(F)c3n2)C1. The maximum absolute atomic E-state index is 17.0. The van der Waals surface area contributed by atoms with Crippen LogP contribution in [0, 0.1) is 23.0 Å². The van der Waals surface area contributed by atoms with Gasteiger partial charge in [0.15, 0.2) is 10.9 Å². The molecular formula is C29H31F2N9S. The number of halogens is 2. The summed E-state index contributed by atoms with van der Waals surface area (Å²) in [4.78, 5) is 20.7. The molecule has 0 radical (unpaired) electrons. The number of piperazine rings is 1. The standard InChI is InChI=1S/C29H31F2N9S/c1-38(2)18-13-40(14-18)29-36-24-20(27(37-29)39-11-16-5-6-17(12-39)34-16)10-15(4-3-9-32)22(23(24)31)19-7-8-21(30)26-25(19)35-28(33)41-26/h7-8,10,16-18,34H,3-6,11-14H2,1-2H3,(H2,33,35). The minimum Gasteiger partial charge on any atom is -0.375 e. The molecule has 12 heteroatoms. The van der Waals surface area contributed by atoms with Crippen molar-refractivity contribution in [2.75, 3.05) is 55.8 Å². The molecule has 0 aliphatic carbocycles. The first-order valence-electron chi connectivity index (χ1n) is 14.0. The molecule has 2 unspecified atom stereocenters. The van der Waals surface area contributed by atoms with E-state index in [9.17, 15) is 9.65 Å². The summed E-state index contributed by atoms with van der Waals surface area (Å²) in [6.45, 7) is 3.10. The molecule has 2 atom stereocenters. The molecule has 4 aromatic rings. The van der Waals surface area contributed by atoms with E-state index >= 15 is 4.39 Å². The van der Waals surface area contributed by atoms with E-state index in [4.69, 9.17) is 15.7 Å². The van der Waals surface area contributed by atoms with Crippen molar-refractivity contribution in [3.8, 4) is 17.2 Å². The maximum atomic E-state index is 17.0. The van der Waals surface area contributed by atoms with Gasteiger partial charge in [-0.15, -0.1) is 0 Å². The number of anilines is 3. The summed E-state index contributed by atoms with van der Waals surface area (Å²) in [6.07, 6.45) is 2.74. The number of hydrogen-bond acceptors (Lipinski definition) is 10. The molecule has 212 valence electrons.